The molecule has 2 rings (SSSR count). The number of aryl methyl sites for hydroxylation is 1. The molecule has 0 spiro atoms. The average Bonchev–Trinajstić information content (AvgIpc) is 3.20. The molecule has 6 nitrogen and oxygen atoms in total. The number of guanidine groups is 1. The average molecular weight is 320 g/mol. The Morgan fingerprint density at radius 3 is 2.95 bits per heavy atom. The van der Waals surface area contributed by atoms with Gasteiger partial charge in [-0.3, -0.25) is 0 Å². The predicted molar refractivity (Wildman–Crippen MR) is 91.2 cm³/mol. The standard InChI is InChI=1S/C15H24N6S/c1-4-16-15(17-9-12(3)13-7-6-8-22-13)18-10-14-20-19-11-21(14)5-2/h6-8,11-12H,4-5,9-10H2,1-3H3,(H2,16,17,18). The summed E-state index contributed by atoms with van der Waals surface area (Å²) in [5, 5.41) is 16.8. The van der Waals surface area contributed by atoms with Gasteiger partial charge in [-0.2, -0.15) is 0 Å². The lowest BCUT2D eigenvalue weighted by atomic mass is 10.1. The molecule has 0 fully saturated rings. The smallest absolute Gasteiger partial charge is 0.191 e. The molecular formula is C15H24N6S. The van der Waals surface area contributed by atoms with Crippen LogP contribution in [0.4, 0.5) is 0 Å². The van der Waals surface area contributed by atoms with Crippen LogP contribution in [0.1, 0.15) is 37.4 Å². The SMILES string of the molecule is CCNC(=NCc1nncn1CC)NCC(C)c1cccs1. The molecule has 0 aliphatic heterocycles. The molecule has 2 N–H and O–H groups in total. The Hall–Kier alpha value is -1.89. The monoisotopic (exact) mass is 320 g/mol. The fourth-order valence-corrected chi connectivity index (χ4v) is 2.87. The second-order valence-electron chi connectivity index (χ2n) is 5.03. The number of thiophene rings is 1. The van der Waals surface area contributed by atoms with Gasteiger partial charge in [-0.05, 0) is 25.3 Å². The van der Waals surface area contributed by atoms with Crippen LogP contribution in [0.5, 0.6) is 0 Å². The van der Waals surface area contributed by atoms with E-state index in [1.54, 1.807) is 17.7 Å². The van der Waals surface area contributed by atoms with E-state index in [0.29, 0.717) is 12.5 Å². The fraction of sp³-hybridized carbons (Fsp3) is 0.533. The number of aliphatic imine (C=N–C) groups is 1. The molecular weight excluding hydrogens is 296 g/mol. The minimum atomic E-state index is 0.461. The van der Waals surface area contributed by atoms with Gasteiger partial charge in [-0.25, -0.2) is 4.99 Å². The summed E-state index contributed by atoms with van der Waals surface area (Å²) in [7, 11) is 0. The summed E-state index contributed by atoms with van der Waals surface area (Å²) < 4.78 is 2.00. The van der Waals surface area contributed by atoms with Gasteiger partial charge in [0.05, 0.1) is 0 Å². The predicted octanol–water partition coefficient (Wildman–Crippen LogP) is 2.22. The van der Waals surface area contributed by atoms with Crippen LogP contribution in [0.3, 0.4) is 0 Å². The Balaban J connectivity index is 1.92. The second kappa shape index (κ2) is 8.53. The van der Waals surface area contributed by atoms with Gasteiger partial charge in [0.25, 0.3) is 0 Å². The van der Waals surface area contributed by atoms with Crippen molar-refractivity contribution in [2.45, 2.75) is 39.8 Å². The van der Waals surface area contributed by atoms with Gasteiger partial charge < -0.3 is 15.2 Å². The van der Waals surface area contributed by atoms with Crippen LogP contribution < -0.4 is 10.6 Å². The molecule has 1 atom stereocenters. The van der Waals surface area contributed by atoms with Crippen LogP contribution >= 0.6 is 11.3 Å². The van der Waals surface area contributed by atoms with E-state index in [2.05, 4.69) is 64.1 Å². The molecule has 2 aromatic rings. The van der Waals surface area contributed by atoms with Crippen molar-refractivity contribution >= 4 is 17.3 Å². The number of nitrogens with one attached hydrogen (secondary N) is 2. The maximum atomic E-state index is 4.59. The lowest BCUT2D eigenvalue weighted by Gasteiger charge is -2.15. The molecule has 2 heterocycles. The van der Waals surface area contributed by atoms with E-state index in [4.69, 9.17) is 0 Å². The zero-order valence-corrected chi connectivity index (χ0v) is 14.2. The van der Waals surface area contributed by atoms with Gasteiger partial charge in [0, 0.05) is 30.4 Å². The highest BCUT2D eigenvalue weighted by molar-refractivity contribution is 7.10. The van der Waals surface area contributed by atoms with Gasteiger partial charge in [-0.1, -0.05) is 13.0 Å². The van der Waals surface area contributed by atoms with Gasteiger partial charge in [-0.15, -0.1) is 21.5 Å². The summed E-state index contributed by atoms with van der Waals surface area (Å²) in [5.74, 6) is 2.16. The Morgan fingerprint density at radius 1 is 1.41 bits per heavy atom. The first-order valence-corrected chi connectivity index (χ1v) is 8.54. The van der Waals surface area contributed by atoms with Crippen molar-refractivity contribution in [3.8, 4) is 0 Å². The van der Waals surface area contributed by atoms with Crippen molar-refractivity contribution in [3.63, 3.8) is 0 Å². The van der Waals surface area contributed by atoms with E-state index in [0.717, 1.165) is 31.4 Å². The minimum absolute atomic E-state index is 0.461. The maximum absolute atomic E-state index is 4.59. The summed E-state index contributed by atoms with van der Waals surface area (Å²) in [5.41, 5.74) is 0. The van der Waals surface area contributed by atoms with Crippen LogP contribution in [0.15, 0.2) is 28.8 Å². The Kier molecular flexibility index (Phi) is 6.39. The van der Waals surface area contributed by atoms with Crippen LogP contribution in [0.2, 0.25) is 0 Å². The number of aromatic nitrogens is 3. The molecule has 0 amide bonds. The Morgan fingerprint density at radius 2 is 2.27 bits per heavy atom. The van der Waals surface area contributed by atoms with E-state index in [9.17, 15) is 0 Å². The number of rotatable bonds is 7. The van der Waals surface area contributed by atoms with E-state index in [1.807, 2.05) is 4.57 Å². The fourth-order valence-electron chi connectivity index (χ4n) is 2.08. The van der Waals surface area contributed by atoms with Crippen molar-refractivity contribution in [3.05, 3.63) is 34.5 Å². The lowest BCUT2D eigenvalue weighted by Crippen LogP contribution is -2.39. The Bertz CT molecular complexity index is 575. The molecule has 7 heteroatoms. The van der Waals surface area contributed by atoms with Crippen molar-refractivity contribution < 1.29 is 0 Å². The van der Waals surface area contributed by atoms with Crippen molar-refractivity contribution in [1.29, 1.82) is 0 Å². The largest absolute Gasteiger partial charge is 0.357 e. The summed E-state index contributed by atoms with van der Waals surface area (Å²) >= 11 is 1.79. The first kappa shape index (κ1) is 16.5. The normalized spacial score (nSPS) is 13.1. The molecule has 0 radical (unpaired) electrons. The Labute approximate surface area is 135 Å². The molecule has 2 aromatic heterocycles. The highest BCUT2D eigenvalue weighted by atomic mass is 32.1. The summed E-state index contributed by atoms with van der Waals surface area (Å²) in [4.78, 5) is 5.98. The van der Waals surface area contributed by atoms with E-state index in [-0.39, 0.29) is 0 Å². The van der Waals surface area contributed by atoms with Crippen molar-refractivity contribution in [2.75, 3.05) is 13.1 Å². The molecule has 0 saturated heterocycles. The minimum Gasteiger partial charge on any atom is -0.357 e. The molecule has 0 aromatic carbocycles. The van der Waals surface area contributed by atoms with Gasteiger partial charge in [0.15, 0.2) is 11.8 Å². The number of nitrogens with zero attached hydrogens (tertiary/aromatic N) is 4. The van der Waals surface area contributed by atoms with Gasteiger partial charge in [0.1, 0.15) is 12.9 Å². The third-order valence-corrected chi connectivity index (χ3v) is 4.47. The maximum Gasteiger partial charge on any atom is 0.191 e. The molecule has 0 bridgehead atoms. The molecule has 0 saturated carbocycles. The molecule has 0 aliphatic carbocycles. The molecule has 0 aliphatic rings. The van der Waals surface area contributed by atoms with E-state index >= 15 is 0 Å². The summed E-state index contributed by atoms with van der Waals surface area (Å²) in [6.07, 6.45) is 1.74. The van der Waals surface area contributed by atoms with Crippen molar-refractivity contribution in [1.82, 2.24) is 25.4 Å². The van der Waals surface area contributed by atoms with Crippen molar-refractivity contribution in [2.24, 2.45) is 4.99 Å². The molecule has 120 valence electrons. The highest BCUT2D eigenvalue weighted by Gasteiger charge is 2.08. The van der Waals surface area contributed by atoms with Gasteiger partial charge >= 0.3 is 0 Å². The number of hydrogen-bond donors (Lipinski definition) is 2. The number of hydrogen-bond acceptors (Lipinski definition) is 4. The summed E-state index contributed by atoms with van der Waals surface area (Å²) in [6, 6.07) is 4.26. The van der Waals surface area contributed by atoms with Crippen LogP contribution in [-0.2, 0) is 13.1 Å². The second-order valence-corrected chi connectivity index (χ2v) is 6.00. The third kappa shape index (κ3) is 4.56. The van der Waals surface area contributed by atoms with E-state index in [1.165, 1.54) is 4.88 Å². The quantitative estimate of drug-likeness (QED) is 0.606. The highest BCUT2D eigenvalue weighted by Crippen LogP contribution is 2.19. The third-order valence-electron chi connectivity index (χ3n) is 3.36. The topological polar surface area (TPSA) is 67.1 Å². The zero-order chi connectivity index (χ0) is 15.8. The lowest BCUT2D eigenvalue weighted by molar-refractivity contribution is 0.685. The summed E-state index contributed by atoms with van der Waals surface area (Å²) in [6.45, 7) is 9.42. The van der Waals surface area contributed by atoms with Gasteiger partial charge in [0.2, 0.25) is 0 Å². The molecule has 22 heavy (non-hydrogen) atoms. The van der Waals surface area contributed by atoms with Crippen LogP contribution in [0.25, 0.3) is 0 Å². The zero-order valence-electron chi connectivity index (χ0n) is 13.4. The van der Waals surface area contributed by atoms with Crippen LogP contribution in [-0.4, -0.2) is 33.8 Å². The first-order chi connectivity index (χ1) is 10.7. The van der Waals surface area contributed by atoms with Crippen LogP contribution in [0, 0.1) is 0 Å². The molecule has 1 unspecified atom stereocenters. The van der Waals surface area contributed by atoms with E-state index < -0.39 is 0 Å². The first-order valence-electron chi connectivity index (χ1n) is 7.66.